The molecule has 0 unspecified atom stereocenters. The quantitative estimate of drug-likeness (QED) is 0.563. The molecule has 1 N–H and O–H groups in total. The van der Waals surface area contributed by atoms with E-state index in [4.69, 9.17) is 4.98 Å². The van der Waals surface area contributed by atoms with Gasteiger partial charge in [-0.2, -0.15) is 5.26 Å². The maximum absolute atomic E-state index is 10.9. The summed E-state index contributed by atoms with van der Waals surface area (Å²) in [6, 6.07) is 12.2. The number of nitro benzene ring substituents is 1. The van der Waals surface area contributed by atoms with E-state index in [0.29, 0.717) is 5.69 Å². The van der Waals surface area contributed by atoms with E-state index in [2.05, 4.69) is 9.88 Å². The molecule has 0 bridgehead atoms. The van der Waals surface area contributed by atoms with Crippen molar-refractivity contribution in [2.24, 2.45) is 0 Å². The number of aryl methyl sites for hydroxylation is 2. The molecule has 130 valence electrons. The second-order valence-corrected chi connectivity index (χ2v) is 6.42. The van der Waals surface area contributed by atoms with Gasteiger partial charge in [-0.05, 0) is 37.1 Å². The second kappa shape index (κ2) is 6.48. The molecular weight excluding hydrogens is 330 g/mol. The molecule has 7 nitrogen and oxygen atoms in total. The summed E-state index contributed by atoms with van der Waals surface area (Å²) >= 11 is 0. The molecule has 0 atom stereocenters. The third kappa shape index (κ3) is 2.86. The largest absolute Gasteiger partial charge is 0.354 e. The topological polar surface area (TPSA) is 96.8 Å². The van der Waals surface area contributed by atoms with Crippen LogP contribution in [0.2, 0.25) is 0 Å². The van der Waals surface area contributed by atoms with Crippen LogP contribution >= 0.6 is 0 Å². The Bertz CT molecular complexity index is 1050. The number of non-ortho nitro benzene ring substituents is 1. The number of aromatic nitrogens is 2. The lowest BCUT2D eigenvalue weighted by molar-refractivity contribution is -0.384. The van der Waals surface area contributed by atoms with Gasteiger partial charge >= 0.3 is 0 Å². The number of nitrogens with zero attached hydrogens (tertiary/aromatic N) is 4. The Morgan fingerprint density at radius 3 is 2.88 bits per heavy atom. The predicted molar refractivity (Wildman–Crippen MR) is 98.4 cm³/mol. The number of nitrogens with one attached hydrogen (secondary N) is 1. The molecule has 0 saturated carbocycles. The Morgan fingerprint density at radius 2 is 2.08 bits per heavy atom. The zero-order valence-electron chi connectivity index (χ0n) is 14.1. The fourth-order valence-corrected chi connectivity index (χ4v) is 3.43. The van der Waals surface area contributed by atoms with Crippen molar-refractivity contribution in [3.63, 3.8) is 0 Å². The van der Waals surface area contributed by atoms with Crippen molar-refractivity contribution in [1.82, 2.24) is 9.55 Å². The maximum Gasteiger partial charge on any atom is 0.270 e. The first kappa shape index (κ1) is 16.1. The monoisotopic (exact) mass is 347 g/mol. The fourth-order valence-electron chi connectivity index (χ4n) is 3.43. The molecule has 2 heterocycles. The van der Waals surface area contributed by atoms with Gasteiger partial charge in [-0.15, -0.1) is 0 Å². The van der Waals surface area contributed by atoms with E-state index in [9.17, 15) is 15.4 Å². The van der Waals surface area contributed by atoms with Crippen LogP contribution in [0.1, 0.15) is 30.7 Å². The fraction of sp³-hybridized carbons (Fsp3) is 0.263. The number of anilines is 2. The molecule has 0 fully saturated rings. The molecular formula is C19H17N5O2. The minimum Gasteiger partial charge on any atom is -0.354 e. The van der Waals surface area contributed by atoms with E-state index in [1.165, 1.54) is 31.4 Å². The Balaban J connectivity index is 1.68. The van der Waals surface area contributed by atoms with Gasteiger partial charge in [-0.3, -0.25) is 10.1 Å². The van der Waals surface area contributed by atoms with E-state index in [0.717, 1.165) is 35.5 Å². The zero-order chi connectivity index (χ0) is 18.1. The third-order valence-corrected chi connectivity index (χ3v) is 4.72. The van der Waals surface area contributed by atoms with Gasteiger partial charge in [0.05, 0.1) is 27.2 Å². The summed E-state index contributed by atoms with van der Waals surface area (Å²) < 4.78 is 2.29. The first-order chi connectivity index (χ1) is 12.7. The molecule has 2 aromatic carbocycles. The van der Waals surface area contributed by atoms with Crippen molar-refractivity contribution in [2.75, 3.05) is 5.32 Å². The van der Waals surface area contributed by atoms with Crippen LogP contribution in [0.25, 0.3) is 11.0 Å². The molecule has 1 aromatic heterocycles. The lowest BCUT2D eigenvalue weighted by Gasteiger charge is -2.09. The van der Waals surface area contributed by atoms with Gasteiger partial charge in [0, 0.05) is 30.8 Å². The van der Waals surface area contributed by atoms with Crippen molar-refractivity contribution in [2.45, 2.75) is 32.2 Å². The summed E-state index contributed by atoms with van der Waals surface area (Å²) in [7, 11) is 0. The van der Waals surface area contributed by atoms with E-state index < -0.39 is 4.92 Å². The summed E-state index contributed by atoms with van der Waals surface area (Å²) in [6.45, 7) is 1.000. The van der Waals surface area contributed by atoms with Crippen LogP contribution in [0.4, 0.5) is 17.1 Å². The van der Waals surface area contributed by atoms with Gasteiger partial charge in [0.1, 0.15) is 11.9 Å². The Kier molecular flexibility index (Phi) is 4.01. The molecule has 0 aliphatic carbocycles. The highest BCUT2D eigenvalue weighted by molar-refractivity contribution is 5.82. The van der Waals surface area contributed by atoms with E-state index >= 15 is 0 Å². The van der Waals surface area contributed by atoms with Crippen LogP contribution in [-0.4, -0.2) is 14.5 Å². The molecule has 1 aliphatic rings. The minimum atomic E-state index is -0.505. The highest BCUT2D eigenvalue weighted by Crippen LogP contribution is 2.28. The van der Waals surface area contributed by atoms with Crippen LogP contribution in [0.15, 0.2) is 36.4 Å². The molecule has 7 heteroatoms. The summed E-state index contributed by atoms with van der Waals surface area (Å²) in [6.07, 6.45) is 4.58. The van der Waals surface area contributed by atoms with Gasteiger partial charge in [0.2, 0.25) is 0 Å². The summed E-state index contributed by atoms with van der Waals surface area (Å²) in [5.74, 6) is 1.13. The summed E-state index contributed by atoms with van der Waals surface area (Å²) in [5, 5.41) is 23.3. The SMILES string of the molecule is N#Cc1cc([N+](=O)[O-])ccc1Nc1ccc2c(c1)nc1n2CCCCC1. The number of nitriles is 1. The second-order valence-electron chi connectivity index (χ2n) is 6.42. The Morgan fingerprint density at radius 1 is 1.19 bits per heavy atom. The Labute approximate surface area is 150 Å². The van der Waals surface area contributed by atoms with Gasteiger partial charge in [-0.25, -0.2) is 4.98 Å². The number of hydrogen-bond donors (Lipinski definition) is 1. The Hall–Kier alpha value is -3.40. The van der Waals surface area contributed by atoms with E-state index in [1.54, 1.807) is 6.07 Å². The molecule has 26 heavy (non-hydrogen) atoms. The van der Waals surface area contributed by atoms with Crippen LogP contribution in [-0.2, 0) is 13.0 Å². The minimum absolute atomic E-state index is 0.0969. The molecule has 0 saturated heterocycles. The number of nitro groups is 1. The molecule has 1 aliphatic heterocycles. The van der Waals surface area contributed by atoms with Gasteiger partial charge in [-0.1, -0.05) is 6.42 Å². The van der Waals surface area contributed by atoms with Crippen LogP contribution < -0.4 is 5.32 Å². The summed E-state index contributed by atoms with van der Waals surface area (Å²) in [4.78, 5) is 15.1. The normalized spacial score (nSPS) is 13.7. The highest BCUT2D eigenvalue weighted by atomic mass is 16.6. The maximum atomic E-state index is 10.9. The third-order valence-electron chi connectivity index (χ3n) is 4.72. The number of imidazole rings is 1. The van der Waals surface area contributed by atoms with Crippen molar-refractivity contribution >= 4 is 28.1 Å². The molecule has 4 rings (SSSR count). The first-order valence-corrected chi connectivity index (χ1v) is 8.60. The zero-order valence-corrected chi connectivity index (χ0v) is 14.1. The predicted octanol–water partition coefficient (Wildman–Crippen LogP) is 4.29. The lowest BCUT2D eigenvalue weighted by Crippen LogP contribution is -2.00. The molecule has 0 radical (unpaired) electrons. The van der Waals surface area contributed by atoms with Crippen LogP contribution in [0.5, 0.6) is 0 Å². The van der Waals surface area contributed by atoms with Gasteiger partial charge < -0.3 is 9.88 Å². The van der Waals surface area contributed by atoms with Gasteiger partial charge in [0.15, 0.2) is 0 Å². The van der Waals surface area contributed by atoms with E-state index in [-0.39, 0.29) is 11.3 Å². The first-order valence-electron chi connectivity index (χ1n) is 8.60. The number of hydrogen-bond acceptors (Lipinski definition) is 5. The number of rotatable bonds is 3. The average molecular weight is 347 g/mol. The van der Waals surface area contributed by atoms with Crippen LogP contribution in [0, 0.1) is 21.4 Å². The average Bonchev–Trinajstić information content (AvgIpc) is 2.82. The van der Waals surface area contributed by atoms with Crippen molar-refractivity contribution < 1.29 is 4.92 Å². The molecule has 0 amide bonds. The molecule has 0 spiro atoms. The standard InChI is InChI=1S/C19H17N5O2/c20-12-13-10-15(24(25)26)6-7-16(13)21-14-5-8-18-17(11-14)22-19-4-2-1-3-9-23(18)19/h5-8,10-11,21H,1-4,9H2. The van der Waals surface area contributed by atoms with Crippen molar-refractivity contribution in [3.05, 3.63) is 57.9 Å². The van der Waals surface area contributed by atoms with E-state index in [1.807, 2.05) is 24.3 Å². The number of fused-ring (bicyclic) bond motifs is 3. The smallest absolute Gasteiger partial charge is 0.270 e. The van der Waals surface area contributed by atoms with Gasteiger partial charge in [0.25, 0.3) is 5.69 Å². The number of benzene rings is 2. The van der Waals surface area contributed by atoms with Crippen molar-refractivity contribution in [3.8, 4) is 6.07 Å². The molecule has 3 aromatic rings. The van der Waals surface area contributed by atoms with Crippen molar-refractivity contribution in [1.29, 1.82) is 5.26 Å². The van der Waals surface area contributed by atoms with Crippen LogP contribution in [0.3, 0.4) is 0 Å². The highest BCUT2D eigenvalue weighted by Gasteiger charge is 2.15. The summed E-state index contributed by atoms with van der Waals surface area (Å²) in [5.41, 5.74) is 3.53. The lowest BCUT2D eigenvalue weighted by atomic mass is 10.1.